The molecule has 0 saturated carbocycles. The number of nitrogens with one attached hydrogen (secondary N) is 2. The molecule has 2 aliphatic rings. The molecule has 1 saturated heterocycles. The highest BCUT2D eigenvalue weighted by Crippen LogP contribution is 2.25. The number of piperidine rings is 1. The molecule has 2 amide bonds. The highest BCUT2D eigenvalue weighted by atomic mass is 16.2. The van der Waals surface area contributed by atoms with Gasteiger partial charge < -0.3 is 10.6 Å². The van der Waals surface area contributed by atoms with E-state index in [1.165, 1.54) is 29.5 Å². The normalized spacial score (nSPS) is 17.7. The number of carbonyl (C=O) groups excluding carboxylic acids is 1. The molecule has 0 spiro atoms. The van der Waals surface area contributed by atoms with Crippen molar-refractivity contribution in [2.75, 3.05) is 18.4 Å². The number of urea groups is 1. The van der Waals surface area contributed by atoms with E-state index in [0.717, 1.165) is 44.6 Å². The van der Waals surface area contributed by atoms with Crippen LogP contribution < -0.4 is 10.6 Å². The van der Waals surface area contributed by atoms with E-state index >= 15 is 0 Å². The van der Waals surface area contributed by atoms with Gasteiger partial charge in [-0.2, -0.15) is 0 Å². The van der Waals surface area contributed by atoms with Gasteiger partial charge in [0.15, 0.2) is 0 Å². The van der Waals surface area contributed by atoms with Gasteiger partial charge in [0.25, 0.3) is 0 Å². The largest absolute Gasteiger partial charge is 0.335 e. The zero-order chi connectivity index (χ0) is 17.8. The number of hydrogen-bond acceptors (Lipinski definition) is 2. The topological polar surface area (TPSA) is 44.4 Å². The van der Waals surface area contributed by atoms with Gasteiger partial charge in [0.2, 0.25) is 0 Å². The molecule has 1 fully saturated rings. The van der Waals surface area contributed by atoms with E-state index in [4.69, 9.17) is 0 Å². The summed E-state index contributed by atoms with van der Waals surface area (Å²) in [7, 11) is 0. The van der Waals surface area contributed by atoms with Crippen LogP contribution in [0.2, 0.25) is 0 Å². The summed E-state index contributed by atoms with van der Waals surface area (Å²) in [5.74, 6) is 0. The monoisotopic (exact) mass is 349 g/mol. The zero-order valence-corrected chi connectivity index (χ0v) is 15.2. The third-order valence-electron chi connectivity index (χ3n) is 5.53. The summed E-state index contributed by atoms with van der Waals surface area (Å²) in [5, 5.41) is 6.15. The third-order valence-corrected chi connectivity index (χ3v) is 5.53. The van der Waals surface area contributed by atoms with Gasteiger partial charge >= 0.3 is 6.03 Å². The Balaban J connectivity index is 1.23. The molecule has 4 heteroatoms. The molecular weight excluding hydrogens is 322 g/mol. The van der Waals surface area contributed by atoms with Crippen LogP contribution in [0.15, 0.2) is 48.5 Å². The first-order valence-corrected chi connectivity index (χ1v) is 9.72. The van der Waals surface area contributed by atoms with Gasteiger partial charge in [0.1, 0.15) is 0 Å². The second-order valence-electron chi connectivity index (χ2n) is 7.47. The molecule has 1 heterocycles. The van der Waals surface area contributed by atoms with Crippen LogP contribution in [0.5, 0.6) is 0 Å². The van der Waals surface area contributed by atoms with Crippen molar-refractivity contribution in [3.05, 3.63) is 65.2 Å². The molecule has 0 aromatic heterocycles. The Morgan fingerprint density at radius 2 is 1.77 bits per heavy atom. The van der Waals surface area contributed by atoms with Crippen LogP contribution in [-0.4, -0.2) is 30.1 Å². The van der Waals surface area contributed by atoms with E-state index in [-0.39, 0.29) is 12.1 Å². The van der Waals surface area contributed by atoms with Gasteiger partial charge in [0.05, 0.1) is 0 Å². The van der Waals surface area contributed by atoms with Crippen molar-refractivity contribution in [3.63, 3.8) is 0 Å². The Hall–Kier alpha value is -2.33. The van der Waals surface area contributed by atoms with Crippen LogP contribution in [0.25, 0.3) is 0 Å². The van der Waals surface area contributed by atoms with Gasteiger partial charge in [-0.05, 0) is 60.9 Å². The number of likely N-dealkylation sites (tertiary alicyclic amines) is 1. The number of carbonyl (C=O) groups is 1. The molecule has 136 valence electrons. The standard InChI is InChI=1S/C22H27N3O/c26-22(24-21-10-9-18-7-4-8-19(18)15-21)23-20-11-13-25(14-12-20)16-17-5-2-1-3-6-17/h1-3,5-6,9-10,15,20H,4,7-8,11-14,16H2,(H2,23,24,26). The van der Waals surface area contributed by atoms with Gasteiger partial charge in [-0.1, -0.05) is 36.4 Å². The second kappa shape index (κ2) is 7.92. The van der Waals surface area contributed by atoms with E-state index in [9.17, 15) is 4.79 Å². The van der Waals surface area contributed by atoms with E-state index < -0.39 is 0 Å². The molecule has 1 aliphatic carbocycles. The number of amides is 2. The fourth-order valence-electron chi connectivity index (χ4n) is 4.08. The number of aryl methyl sites for hydroxylation is 2. The highest BCUT2D eigenvalue weighted by Gasteiger charge is 2.21. The molecule has 4 nitrogen and oxygen atoms in total. The summed E-state index contributed by atoms with van der Waals surface area (Å²) < 4.78 is 0. The maximum absolute atomic E-state index is 12.3. The fraction of sp³-hybridized carbons (Fsp3) is 0.409. The van der Waals surface area contributed by atoms with E-state index in [1.54, 1.807) is 0 Å². The predicted molar refractivity (Wildman–Crippen MR) is 105 cm³/mol. The number of fused-ring (bicyclic) bond motifs is 1. The molecule has 0 radical (unpaired) electrons. The molecule has 0 bridgehead atoms. The van der Waals surface area contributed by atoms with Crippen molar-refractivity contribution in [2.45, 2.75) is 44.7 Å². The Morgan fingerprint density at radius 1 is 1.00 bits per heavy atom. The number of anilines is 1. The minimum Gasteiger partial charge on any atom is -0.335 e. The lowest BCUT2D eigenvalue weighted by Crippen LogP contribution is -2.45. The fourth-order valence-corrected chi connectivity index (χ4v) is 4.08. The molecular formula is C22H27N3O. The van der Waals surface area contributed by atoms with Crippen LogP contribution in [0, 0.1) is 0 Å². The Kier molecular flexibility index (Phi) is 5.21. The Bertz CT molecular complexity index is 751. The van der Waals surface area contributed by atoms with Crippen LogP contribution in [-0.2, 0) is 19.4 Å². The average Bonchev–Trinajstić information content (AvgIpc) is 3.12. The SMILES string of the molecule is O=C(Nc1ccc2c(c1)CCC2)NC1CCN(Cc2ccccc2)CC1. The minimum atomic E-state index is -0.0792. The van der Waals surface area contributed by atoms with Crippen molar-refractivity contribution in [1.82, 2.24) is 10.2 Å². The number of nitrogens with zero attached hydrogens (tertiary/aromatic N) is 1. The summed E-state index contributed by atoms with van der Waals surface area (Å²) in [5.41, 5.74) is 5.08. The van der Waals surface area contributed by atoms with Gasteiger partial charge in [-0.15, -0.1) is 0 Å². The van der Waals surface area contributed by atoms with E-state index in [2.05, 4.69) is 58.0 Å². The Morgan fingerprint density at radius 3 is 2.58 bits per heavy atom. The van der Waals surface area contributed by atoms with E-state index in [1.807, 2.05) is 6.07 Å². The Labute approximate surface area is 155 Å². The summed E-state index contributed by atoms with van der Waals surface area (Å²) in [6.07, 6.45) is 5.54. The summed E-state index contributed by atoms with van der Waals surface area (Å²) in [6, 6.07) is 17.1. The predicted octanol–water partition coefficient (Wildman–Crippen LogP) is 3.96. The lowest BCUT2D eigenvalue weighted by molar-refractivity contribution is 0.190. The van der Waals surface area contributed by atoms with Crippen molar-refractivity contribution in [1.29, 1.82) is 0 Å². The molecule has 1 aliphatic heterocycles. The first-order valence-electron chi connectivity index (χ1n) is 9.72. The molecule has 26 heavy (non-hydrogen) atoms. The molecule has 2 N–H and O–H groups in total. The quantitative estimate of drug-likeness (QED) is 0.877. The van der Waals surface area contributed by atoms with Crippen LogP contribution in [0.4, 0.5) is 10.5 Å². The van der Waals surface area contributed by atoms with Crippen LogP contribution >= 0.6 is 0 Å². The molecule has 4 rings (SSSR count). The van der Waals surface area contributed by atoms with E-state index in [0.29, 0.717) is 0 Å². The molecule has 0 atom stereocenters. The third kappa shape index (κ3) is 4.25. The van der Waals surface area contributed by atoms with Crippen molar-refractivity contribution in [2.24, 2.45) is 0 Å². The lowest BCUT2D eigenvalue weighted by atomic mass is 10.0. The van der Waals surface area contributed by atoms with Gasteiger partial charge in [-0.3, -0.25) is 4.90 Å². The van der Waals surface area contributed by atoms with Crippen LogP contribution in [0.1, 0.15) is 36.0 Å². The smallest absolute Gasteiger partial charge is 0.319 e. The summed E-state index contributed by atoms with van der Waals surface area (Å²) in [6.45, 7) is 3.05. The number of benzene rings is 2. The van der Waals surface area contributed by atoms with Crippen molar-refractivity contribution < 1.29 is 4.79 Å². The first-order chi connectivity index (χ1) is 12.8. The molecule has 2 aromatic rings. The maximum Gasteiger partial charge on any atom is 0.319 e. The maximum atomic E-state index is 12.3. The number of hydrogen-bond donors (Lipinski definition) is 2. The van der Waals surface area contributed by atoms with Crippen molar-refractivity contribution in [3.8, 4) is 0 Å². The van der Waals surface area contributed by atoms with Gasteiger partial charge in [0, 0.05) is 31.4 Å². The average molecular weight is 349 g/mol. The first kappa shape index (κ1) is 17.1. The minimum absolute atomic E-state index is 0.0792. The summed E-state index contributed by atoms with van der Waals surface area (Å²) in [4.78, 5) is 14.8. The molecule has 2 aromatic carbocycles. The highest BCUT2D eigenvalue weighted by molar-refractivity contribution is 5.89. The number of rotatable bonds is 4. The lowest BCUT2D eigenvalue weighted by Gasteiger charge is -2.32. The van der Waals surface area contributed by atoms with Crippen molar-refractivity contribution >= 4 is 11.7 Å². The molecule has 0 unspecified atom stereocenters. The van der Waals surface area contributed by atoms with Gasteiger partial charge in [-0.25, -0.2) is 4.79 Å². The second-order valence-corrected chi connectivity index (χ2v) is 7.47. The zero-order valence-electron chi connectivity index (χ0n) is 15.2. The van der Waals surface area contributed by atoms with Crippen LogP contribution in [0.3, 0.4) is 0 Å². The summed E-state index contributed by atoms with van der Waals surface area (Å²) >= 11 is 0.